The van der Waals surface area contributed by atoms with Gasteiger partial charge in [0.25, 0.3) is 0 Å². The molecule has 2 aromatic rings. The van der Waals surface area contributed by atoms with Crippen molar-refractivity contribution < 1.29 is 24.1 Å². The van der Waals surface area contributed by atoms with Crippen molar-refractivity contribution in [2.24, 2.45) is 0 Å². The van der Waals surface area contributed by atoms with Gasteiger partial charge in [-0.25, -0.2) is 0 Å². The zero-order chi connectivity index (χ0) is 19.4. The minimum Gasteiger partial charge on any atom is -0.495 e. The second kappa shape index (κ2) is 6.24. The molecule has 0 spiro atoms. The minimum atomic E-state index is -1.10. The van der Waals surface area contributed by atoms with E-state index in [1.165, 1.54) is 13.2 Å². The molecule has 1 aliphatic heterocycles. The zero-order valence-corrected chi connectivity index (χ0v) is 16.0. The summed E-state index contributed by atoms with van der Waals surface area (Å²) >= 11 is 0. The Morgan fingerprint density at radius 3 is 2.56 bits per heavy atom. The standard InChI is InChI=1S/C21H26O6/c1-20(2,23)16-9-12-14(26-16)11-15-18(19(12)25-3)13(22)10-17(27-15)21(24)7-5-4-6-8-21/h10-11,16,23-24H,4-9H2,1-3H3/t16-/m1/s1. The Hall–Kier alpha value is -2.05. The fourth-order valence-corrected chi connectivity index (χ4v) is 4.22. The zero-order valence-electron chi connectivity index (χ0n) is 16.0. The lowest BCUT2D eigenvalue weighted by Crippen LogP contribution is -2.39. The van der Waals surface area contributed by atoms with E-state index in [1.54, 1.807) is 19.9 Å². The van der Waals surface area contributed by atoms with Gasteiger partial charge in [0.2, 0.25) is 0 Å². The molecule has 6 nitrogen and oxygen atoms in total. The average Bonchev–Trinajstić information content (AvgIpc) is 3.04. The number of ether oxygens (including phenoxy) is 2. The van der Waals surface area contributed by atoms with Gasteiger partial charge in [-0.3, -0.25) is 4.79 Å². The van der Waals surface area contributed by atoms with Crippen LogP contribution in [0, 0.1) is 0 Å². The summed E-state index contributed by atoms with van der Waals surface area (Å²) in [7, 11) is 1.51. The molecule has 1 aliphatic carbocycles. The van der Waals surface area contributed by atoms with Crippen LogP contribution in [0.3, 0.4) is 0 Å². The summed E-state index contributed by atoms with van der Waals surface area (Å²) < 4.78 is 17.5. The second-order valence-corrected chi connectivity index (χ2v) is 8.29. The number of benzene rings is 1. The fraction of sp³-hybridized carbons (Fsp3) is 0.571. The molecule has 1 atom stereocenters. The Labute approximate surface area is 157 Å². The minimum absolute atomic E-state index is 0.239. The van der Waals surface area contributed by atoms with Crippen molar-refractivity contribution in [2.75, 3.05) is 7.11 Å². The molecule has 1 fully saturated rings. The van der Waals surface area contributed by atoms with Crippen molar-refractivity contribution in [1.82, 2.24) is 0 Å². The summed E-state index contributed by atoms with van der Waals surface area (Å²) in [6.07, 6.45) is 4.07. The van der Waals surface area contributed by atoms with Gasteiger partial charge in [0, 0.05) is 24.1 Å². The van der Waals surface area contributed by atoms with Crippen molar-refractivity contribution in [3.05, 3.63) is 33.7 Å². The summed E-state index contributed by atoms with van der Waals surface area (Å²) in [6, 6.07) is 3.07. The summed E-state index contributed by atoms with van der Waals surface area (Å²) in [6.45, 7) is 3.38. The van der Waals surface area contributed by atoms with Gasteiger partial charge in [0.05, 0.1) is 12.7 Å². The Bertz CT molecular complexity index is 930. The molecule has 2 N–H and O–H groups in total. The molecule has 6 heteroatoms. The largest absolute Gasteiger partial charge is 0.495 e. The second-order valence-electron chi connectivity index (χ2n) is 8.29. The number of rotatable bonds is 3. The number of fused-ring (bicyclic) bond motifs is 2. The Morgan fingerprint density at radius 2 is 1.93 bits per heavy atom. The van der Waals surface area contributed by atoms with Crippen LogP contribution in [0.5, 0.6) is 11.5 Å². The molecule has 0 radical (unpaired) electrons. The maximum Gasteiger partial charge on any atom is 0.196 e. The highest BCUT2D eigenvalue weighted by Crippen LogP contribution is 2.44. The third kappa shape index (κ3) is 3.01. The van der Waals surface area contributed by atoms with Crippen LogP contribution in [0.15, 0.2) is 21.3 Å². The fourth-order valence-electron chi connectivity index (χ4n) is 4.22. The van der Waals surface area contributed by atoms with E-state index in [0.29, 0.717) is 47.5 Å². The molecule has 0 saturated heterocycles. The lowest BCUT2D eigenvalue weighted by Gasteiger charge is -2.30. The van der Waals surface area contributed by atoms with Crippen molar-refractivity contribution in [3.63, 3.8) is 0 Å². The van der Waals surface area contributed by atoms with E-state index in [1.807, 2.05) is 0 Å². The SMILES string of the molecule is COc1c2c(cc3oc(C4(O)CCCCC4)cc(=O)c13)O[C@@H](C(C)(C)O)C2. The van der Waals surface area contributed by atoms with E-state index in [-0.39, 0.29) is 5.43 Å². The predicted molar refractivity (Wildman–Crippen MR) is 100 cm³/mol. The van der Waals surface area contributed by atoms with Gasteiger partial charge >= 0.3 is 0 Å². The van der Waals surface area contributed by atoms with Gasteiger partial charge in [0.15, 0.2) is 5.43 Å². The van der Waals surface area contributed by atoms with Crippen LogP contribution in [0.25, 0.3) is 11.0 Å². The smallest absolute Gasteiger partial charge is 0.196 e. The first kappa shape index (κ1) is 18.3. The van der Waals surface area contributed by atoms with Gasteiger partial charge in [0.1, 0.15) is 39.9 Å². The highest BCUT2D eigenvalue weighted by molar-refractivity contribution is 5.87. The van der Waals surface area contributed by atoms with Crippen molar-refractivity contribution in [2.45, 2.75) is 69.7 Å². The molecule has 0 amide bonds. The number of hydrogen-bond donors (Lipinski definition) is 2. The molecule has 27 heavy (non-hydrogen) atoms. The number of hydrogen-bond acceptors (Lipinski definition) is 6. The molecular weight excluding hydrogens is 348 g/mol. The van der Waals surface area contributed by atoms with Gasteiger partial charge < -0.3 is 24.1 Å². The van der Waals surface area contributed by atoms with E-state index in [2.05, 4.69) is 0 Å². The van der Waals surface area contributed by atoms with E-state index in [0.717, 1.165) is 24.8 Å². The number of aliphatic hydroxyl groups is 2. The summed E-state index contributed by atoms with van der Waals surface area (Å²) in [4.78, 5) is 12.9. The van der Waals surface area contributed by atoms with Crippen LogP contribution >= 0.6 is 0 Å². The first-order valence-electron chi connectivity index (χ1n) is 9.52. The van der Waals surface area contributed by atoms with Gasteiger partial charge in [-0.05, 0) is 26.7 Å². The van der Waals surface area contributed by atoms with Crippen LogP contribution in [-0.4, -0.2) is 29.0 Å². The highest BCUT2D eigenvalue weighted by Gasteiger charge is 2.39. The Balaban J connectivity index is 1.87. The molecule has 1 aromatic heterocycles. The van der Waals surface area contributed by atoms with Crippen LogP contribution in [0.2, 0.25) is 0 Å². The average molecular weight is 374 g/mol. The van der Waals surface area contributed by atoms with Gasteiger partial charge in [-0.15, -0.1) is 0 Å². The molecule has 1 saturated carbocycles. The van der Waals surface area contributed by atoms with Crippen LogP contribution in [0.1, 0.15) is 57.3 Å². The van der Waals surface area contributed by atoms with Gasteiger partial charge in [-0.2, -0.15) is 0 Å². The topological polar surface area (TPSA) is 89.1 Å². The Kier molecular flexibility index (Phi) is 4.24. The molecule has 0 bridgehead atoms. The maximum absolute atomic E-state index is 12.9. The Morgan fingerprint density at radius 1 is 1.22 bits per heavy atom. The van der Waals surface area contributed by atoms with E-state index < -0.39 is 17.3 Å². The van der Waals surface area contributed by atoms with Crippen molar-refractivity contribution in [1.29, 1.82) is 0 Å². The normalized spacial score (nSPS) is 21.7. The van der Waals surface area contributed by atoms with E-state index in [9.17, 15) is 15.0 Å². The van der Waals surface area contributed by atoms with Crippen LogP contribution in [0.4, 0.5) is 0 Å². The summed E-state index contributed by atoms with van der Waals surface area (Å²) in [5.41, 5.74) is -1.28. The monoisotopic (exact) mass is 374 g/mol. The third-order valence-electron chi connectivity index (χ3n) is 5.83. The van der Waals surface area contributed by atoms with Gasteiger partial charge in [-0.1, -0.05) is 19.3 Å². The molecule has 146 valence electrons. The lowest BCUT2D eigenvalue weighted by atomic mass is 9.83. The lowest BCUT2D eigenvalue weighted by molar-refractivity contribution is -0.0230. The first-order valence-corrected chi connectivity index (χ1v) is 9.52. The maximum atomic E-state index is 12.9. The predicted octanol–water partition coefficient (Wildman–Crippen LogP) is 3.03. The molecule has 0 unspecified atom stereocenters. The summed E-state index contributed by atoms with van der Waals surface area (Å²) in [5.74, 6) is 1.27. The molecular formula is C21H26O6. The summed E-state index contributed by atoms with van der Waals surface area (Å²) in [5, 5.41) is 21.6. The van der Waals surface area contributed by atoms with Crippen LogP contribution < -0.4 is 14.9 Å². The van der Waals surface area contributed by atoms with Crippen LogP contribution in [-0.2, 0) is 12.0 Å². The highest BCUT2D eigenvalue weighted by atomic mass is 16.5. The van der Waals surface area contributed by atoms with Crippen molar-refractivity contribution >= 4 is 11.0 Å². The molecule has 1 aromatic carbocycles. The molecule has 2 aliphatic rings. The van der Waals surface area contributed by atoms with Crippen molar-refractivity contribution in [3.8, 4) is 11.5 Å². The number of methoxy groups -OCH3 is 1. The quantitative estimate of drug-likeness (QED) is 0.858. The van der Waals surface area contributed by atoms with E-state index >= 15 is 0 Å². The molecule has 2 heterocycles. The van der Waals surface area contributed by atoms with E-state index in [4.69, 9.17) is 13.9 Å². The first-order chi connectivity index (χ1) is 12.7. The molecule has 4 rings (SSSR count). The third-order valence-corrected chi connectivity index (χ3v) is 5.83.